The molecule has 2 rings (SSSR count). The summed E-state index contributed by atoms with van der Waals surface area (Å²) in [5.74, 6) is 1.91. The van der Waals surface area contributed by atoms with E-state index in [1.165, 1.54) is 15.3 Å². The van der Waals surface area contributed by atoms with E-state index in [1.54, 1.807) is 18.4 Å². The second-order valence-corrected chi connectivity index (χ2v) is 6.53. The van der Waals surface area contributed by atoms with Gasteiger partial charge in [0.2, 0.25) is 0 Å². The van der Waals surface area contributed by atoms with Crippen LogP contribution in [-0.4, -0.2) is 14.2 Å². The smallest absolute Gasteiger partial charge is 0.122 e. The molecule has 4 heteroatoms. The van der Waals surface area contributed by atoms with Crippen LogP contribution in [0.3, 0.4) is 0 Å². The normalized spacial score (nSPS) is 12.4. The fraction of sp³-hybridized carbons (Fsp3) is 0.333. The first-order valence-corrected chi connectivity index (χ1v) is 8.11. The van der Waals surface area contributed by atoms with Crippen LogP contribution in [-0.2, 0) is 5.75 Å². The summed E-state index contributed by atoms with van der Waals surface area (Å²) in [6.07, 6.45) is 0. The number of hydrogen-bond donors (Lipinski definition) is 1. The van der Waals surface area contributed by atoms with Gasteiger partial charge in [-0.3, -0.25) is 0 Å². The average molecular weight is 293 g/mol. The van der Waals surface area contributed by atoms with E-state index >= 15 is 0 Å². The number of hydrogen-bond acceptors (Lipinski definition) is 4. The zero-order valence-corrected chi connectivity index (χ0v) is 13.1. The first-order valence-electron chi connectivity index (χ1n) is 6.25. The monoisotopic (exact) mass is 293 g/mol. The van der Waals surface area contributed by atoms with Crippen molar-refractivity contribution in [2.75, 3.05) is 14.2 Å². The third kappa shape index (κ3) is 3.75. The van der Waals surface area contributed by atoms with Crippen molar-refractivity contribution in [1.82, 2.24) is 5.32 Å². The summed E-state index contributed by atoms with van der Waals surface area (Å²) < 4.78 is 6.80. The minimum atomic E-state index is 0.358. The lowest BCUT2D eigenvalue weighted by Crippen LogP contribution is -2.12. The van der Waals surface area contributed by atoms with E-state index in [9.17, 15) is 0 Å². The first-order chi connectivity index (χ1) is 9.24. The molecule has 0 fully saturated rings. The van der Waals surface area contributed by atoms with Crippen molar-refractivity contribution >= 4 is 23.1 Å². The van der Waals surface area contributed by atoms with Crippen LogP contribution in [0.2, 0.25) is 0 Å². The van der Waals surface area contributed by atoms with Gasteiger partial charge in [-0.05, 0) is 43.1 Å². The molecular formula is C15H19NOS2. The molecule has 1 heterocycles. The molecule has 1 aromatic heterocycles. The van der Waals surface area contributed by atoms with Crippen LogP contribution in [0.4, 0.5) is 0 Å². The van der Waals surface area contributed by atoms with Crippen molar-refractivity contribution in [2.45, 2.75) is 22.9 Å². The fourth-order valence-corrected chi connectivity index (χ4v) is 3.60. The van der Waals surface area contributed by atoms with Crippen molar-refractivity contribution < 1.29 is 4.74 Å². The molecule has 1 unspecified atom stereocenters. The summed E-state index contributed by atoms with van der Waals surface area (Å²) >= 11 is 3.64. The highest BCUT2D eigenvalue weighted by atomic mass is 32.2. The molecule has 0 saturated heterocycles. The number of methoxy groups -OCH3 is 1. The van der Waals surface area contributed by atoms with Crippen LogP contribution in [0.15, 0.2) is 39.9 Å². The Hall–Kier alpha value is -0.970. The summed E-state index contributed by atoms with van der Waals surface area (Å²) in [5, 5.41) is 5.38. The van der Waals surface area contributed by atoms with E-state index in [-0.39, 0.29) is 0 Å². The Morgan fingerprint density at radius 2 is 2.21 bits per heavy atom. The largest absolute Gasteiger partial charge is 0.496 e. The van der Waals surface area contributed by atoms with Crippen LogP contribution in [0, 0.1) is 0 Å². The maximum atomic E-state index is 5.45. The molecule has 1 aromatic carbocycles. The van der Waals surface area contributed by atoms with Gasteiger partial charge in [-0.1, -0.05) is 12.1 Å². The van der Waals surface area contributed by atoms with Crippen molar-refractivity contribution in [2.24, 2.45) is 0 Å². The lowest BCUT2D eigenvalue weighted by Gasteiger charge is -2.14. The molecule has 102 valence electrons. The van der Waals surface area contributed by atoms with Gasteiger partial charge in [0.1, 0.15) is 5.75 Å². The van der Waals surface area contributed by atoms with E-state index < -0.39 is 0 Å². The van der Waals surface area contributed by atoms with E-state index in [2.05, 4.69) is 48.0 Å². The van der Waals surface area contributed by atoms with E-state index in [1.807, 2.05) is 18.8 Å². The number of thioether (sulfide) groups is 1. The maximum Gasteiger partial charge on any atom is 0.122 e. The standard InChI is InChI=1S/C15H19NOS2/c1-11(16-2)12-6-7-14(17-3)13(9-12)10-19-15-5-4-8-18-15/h4-9,11,16H,10H2,1-3H3. The van der Waals surface area contributed by atoms with Crippen LogP contribution in [0.25, 0.3) is 0 Å². The summed E-state index contributed by atoms with van der Waals surface area (Å²) in [6, 6.07) is 11.0. The number of benzene rings is 1. The van der Waals surface area contributed by atoms with Gasteiger partial charge in [-0.25, -0.2) is 0 Å². The van der Waals surface area contributed by atoms with E-state index in [0.717, 1.165) is 11.5 Å². The fourth-order valence-electron chi connectivity index (χ4n) is 1.84. The number of rotatable bonds is 6. The molecule has 1 atom stereocenters. The topological polar surface area (TPSA) is 21.3 Å². The van der Waals surface area contributed by atoms with Crippen molar-refractivity contribution in [3.05, 3.63) is 46.8 Å². The predicted octanol–water partition coefficient (Wildman–Crippen LogP) is 4.33. The van der Waals surface area contributed by atoms with Crippen molar-refractivity contribution in [3.8, 4) is 5.75 Å². The van der Waals surface area contributed by atoms with E-state index in [0.29, 0.717) is 6.04 Å². The van der Waals surface area contributed by atoms with Gasteiger partial charge in [0.25, 0.3) is 0 Å². The summed E-state index contributed by atoms with van der Waals surface area (Å²) in [6.45, 7) is 2.16. The molecule has 1 N–H and O–H groups in total. The minimum absolute atomic E-state index is 0.358. The second-order valence-electron chi connectivity index (χ2n) is 4.30. The molecule has 0 amide bonds. The molecular weight excluding hydrogens is 274 g/mol. The molecule has 0 aliphatic carbocycles. The Bertz CT molecular complexity index is 511. The highest BCUT2D eigenvalue weighted by Crippen LogP contribution is 2.32. The van der Waals surface area contributed by atoms with Crippen LogP contribution in [0.1, 0.15) is 24.1 Å². The third-order valence-electron chi connectivity index (χ3n) is 3.10. The Labute approximate surface area is 123 Å². The van der Waals surface area contributed by atoms with Crippen LogP contribution >= 0.6 is 23.1 Å². The zero-order chi connectivity index (χ0) is 13.7. The van der Waals surface area contributed by atoms with Gasteiger partial charge in [-0.2, -0.15) is 0 Å². The van der Waals surface area contributed by atoms with Gasteiger partial charge in [0, 0.05) is 17.4 Å². The predicted molar refractivity (Wildman–Crippen MR) is 84.3 cm³/mol. The number of nitrogens with one attached hydrogen (secondary N) is 1. The van der Waals surface area contributed by atoms with Gasteiger partial charge in [0.15, 0.2) is 0 Å². The lowest BCUT2D eigenvalue weighted by atomic mass is 10.1. The SMILES string of the molecule is CNC(C)c1ccc(OC)c(CSc2cccs2)c1. The van der Waals surface area contributed by atoms with Gasteiger partial charge >= 0.3 is 0 Å². The molecule has 0 bridgehead atoms. The van der Waals surface area contributed by atoms with Crippen molar-refractivity contribution in [1.29, 1.82) is 0 Å². The Morgan fingerprint density at radius 3 is 2.84 bits per heavy atom. The highest BCUT2D eigenvalue weighted by Gasteiger charge is 2.09. The summed E-state index contributed by atoms with van der Waals surface area (Å²) in [7, 11) is 3.71. The number of ether oxygens (including phenoxy) is 1. The highest BCUT2D eigenvalue weighted by molar-refractivity contribution is 8.00. The zero-order valence-electron chi connectivity index (χ0n) is 11.5. The number of thiophene rings is 1. The minimum Gasteiger partial charge on any atom is -0.496 e. The molecule has 19 heavy (non-hydrogen) atoms. The van der Waals surface area contributed by atoms with Crippen LogP contribution < -0.4 is 10.1 Å². The van der Waals surface area contributed by atoms with Crippen molar-refractivity contribution in [3.63, 3.8) is 0 Å². The molecule has 0 aliphatic rings. The van der Waals surface area contributed by atoms with Crippen LogP contribution in [0.5, 0.6) is 5.75 Å². The first kappa shape index (κ1) is 14.4. The van der Waals surface area contributed by atoms with Gasteiger partial charge < -0.3 is 10.1 Å². The third-order valence-corrected chi connectivity index (χ3v) is 5.28. The molecule has 0 aliphatic heterocycles. The quantitative estimate of drug-likeness (QED) is 0.801. The molecule has 0 spiro atoms. The summed E-state index contributed by atoms with van der Waals surface area (Å²) in [4.78, 5) is 0. The Kier molecular flexibility index (Phi) is 5.31. The maximum absolute atomic E-state index is 5.45. The molecule has 2 aromatic rings. The van der Waals surface area contributed by atoms with Gasteiger partial charge in [0.05, 0.1) is 11.3 Å². The lowest BCUT2D eigenvalue weighted by molar-refractivity contribution is 0.411. The van der Waals surface area contributed by atoms with E-state index in [4.69, 9.17) is 4.74 Å². The molecule has 0 radical (unpaired) electrons. The molecule has 2 nitrogen and oxygen atoms in total. The summed E-state index contributed by atoms with van der Waals surface area (Å²) in [5.41, 5.74) is 2.55. The second kappa shape index (κ2) is 6.98. The Morgan fingerprint density at radius 1 is 1.37 bits per heavy atom. The average Bonchev–Trinajstić information content (AvgIpc) is 2.97. The Balaban J connectivity index is 2.16. The van der Waals surface area contributed by atoms with Gasteiger partial charge in [-0.15, -0.1) is 23.1 Å². The molecule has 0 saturated carbocycles.